The van der Waals surface area contributed by atoms with Gasteiger partial charge in [0, 0.05) is 17.7 Å². The van der Waals surface area contributed by atoms with Crippen molar-refractivity contribution < 1.29 is 23.3 Å². The summed E-state index contributed by atoms with van der Waals surface area (Å²) in [6.07, 6.45) is 0.940. The van der Waals surface area contributed by atoms with Crippen molar-refractivity contribution in [3.63, 3.8) is 0 Å². The average Bonchev–Trinajstić information content (AvgIpc) is 2.69. The average molecular weight is 397 g/mol. The Balaban J connectivity index is 1.55. The van der Waals surface area contributed by atoms with Crippen molar-refractivity contribution in [1.82, 2.24) is 0 Å². The van der Waals surface area contributed by atoms with Crippen LogP contribution in [-0.4, -0.2) is 10.7 Å². The number of benzene rings is 3. The van der Waals surface area contributed by atoms with Gasteiger partial charge in [-0.15, -0.1) is 0 Å². The van der Waals surface area contributed by atoms with Crippen LogP contribution in [0.5, 0.6) is 11.5 Å². The second kappa shape index (κ2) is 8.74. The molecule has 3 rings (SSSR count). The van der Waals surface area contributed by atoms with Gasteiger partial charge in [-0.3, -0.25) is 9.69 Å². The molecule has 0 saturated carbocycles. The molecule has 0 saturated heterocycles. The maximum Gasteiger partial charge on any atom is 0.584 e. The predicted molar refractivity (Wildman–Crippen MR) is 107 cm³/mol. The van der Waals surface area contributed by atoms with E-state index in [2.05, 4.69) is 0 Å². The summed E-state index contributed by atoms with van der Waals surface area (Å²) in [7, 11) is -4.33. The van der Waals surface area contributed by atoms with E-state index in [0.29, 0.717) is 24.1 Å². The molecule has 7 heteroatoms. The van der Waals surface area contributed by atoms with Gasteiger partial charge in [0.05, 0.1) is 0 Å². The van der Waals surface area contributed by atoms with Crippen LogP contribution in [0.3, 0.4) is 0 Å². The highest BCUT2D eigenvalue weighted by atomic mass is 31.2. The third kappa shape index (κ3) is 5.71. The molecule has 0 aliphatic carbocycles. The van der Waals surface area contributed by atoms with Gasteiger partial charge in [-0.05, 0) is 48.4 Å². The van der Waals surface area contributed by atoms with Crippen LogP contribution in [0.15, 0.2) is 78.9 Å². The zero-order chi connectivity index (χ0) is 20.0. The molecule has 3 aromatic rings. The predicted octanol–water partition coefficient (Wildman–Crippen LogP) is 4.64. The maximum absolute atomic E-state index is 12.1. The Kier molecular flexibility index (Phi) is 6.14. The van der Waals surface area contributed by atoms with Crippen LogP contribution < -0.4 is 14.8 Å². The minimum absolute atomic E-state index is 0.0673. The van der Waals surface area contributed by atoms with Crippen molar-refractivity contribution in [1.29, 1.82) is 0 Å². The van der Waals surface area contributed by atoms with E-state index in [1.807, 2.05) is 18.2 Å². The molecule has 0 aliphatic heterocycles. The van der Waals surface area contributed by atoms with E-state index in [1.165, 1.54) is 12.1 Å². The highest BCUT2D eigenvalue weighted by Crippen LogP contribution is 2.44. The van der Waals surface area contributed by atoms with Gasteiger partial charge in [-0.2, -0.15) is 0 Å². The third-order valence-electron chi connectivity index (χ3n) is 3.98. The van der Waals surface area contributed by atoms with Gasteiger partial charge in [0.1, 0.15) is 11.5 Å². The summed E-state index contributed by atoms with van der Waals surface area (Å²) in [5, 5.41) is 0. The monoisotopic (exact) mass is 397 g/mol. The number of Topliss-reactive ketones (excluding diaryl/α,β-unsaturated/α-hetero) is 1. The topological polar surface area (TPSA) is 98.8 Å². The molecule has 0 bridgehead atoms. The van der Waals surface area contributed by atoms with Gasteiger partial charge in [-0.25, -0.2) is 4.57 Å². The Bertz CT molecular complexity index is 972. The largest absolute Gasteiger partial charge is 0.584 e. The quantitative estimate of drug-likeness (QED) is 0.326. The molecule has 0 aromatic heterocycles. The van der Waals surface area contributed by atoms with E-state index in [-0.39, 0.29) is 17.3 Å². The first-order valence-corrected chi connectivity index (χ1v) is 10.2. The Morgan fingerprint density at radius 3 is 1.96 bits per heavy atom. The summed E-state index contributed by atoms with van der Waals surface area (Å²) in [5.74, 6) is 0.438. The summed E-state index contributed by atoms with van der Waals surface area (Å²) >= 11 is 0. The van der Waals surface area contributed by atoms with Crippen LogP contribution in [0.4, 0.5) is 5.69 Å². The lowest BCUT2D eigenvalue weighted by Crippen LogP contribution is -2.01. The highest BCUT2D eigenvalue weighted by Gasteiger charge is 2.25. The number of phosphoric ester groups is 1. The molecule has 28 heavy (non-hydrogen) atoms. The summed E-state index contributed by atoms with van der Waals surface area (Å²) < 4.78 is 22.2. The zero-order valence-electron chi connectivity index (χ0n) is 15.0. The molecule has 0 aliphatic rings. The van der Waals surface area contributed by atoms with E-state index in [9.17, 15) is 14.3 Å². The van der Waals surface area contributed by atoms with E-state index < -0.39 is 7.82 Å². The van der Waals surface area contributed by atoms with Gasteiger partial charge in [0.2, 0.25) is 0 Å². The van der Waals surface area contributed by atoms with Crippen molar-refractivity contribution in [3.8, 4) is 11.5 Å². The van der Waals surface area contributed by atoms with Crippen molar-refractivity contribution in [3.05, 3.63) is 90.0 Å². The number of carbonyl (C=O) groups excluding carboxylic acids is 1. The Morgan fingerprint density at radius 2 is 1.39 bits per heavy atom. The molecule has 1 atom stereocenters. The molecule has 144 valence electrons. The van der Waals surface area contributed by atoms with E-state index in [0.717, 1.165) is 5.56 Å². The van der Waals surface area contributed by atoms with Crippen LogP contribution in [0.2, 0.25) is 0 Å². The number of hydrogen-bond donors (Lipinski definition) is 2. The first kappa shape index (κ1) is 19.7. The lowest BCUT2D eigenvalue weighted by atomic mass is 10.0. The van der Waals surface area contributed by atoms with Gasteiger partial charge in [0.15, 0.2) is 5.78 Å². The summed E-state index contributed by atoms with van der Waals surface area (Å²) in [5.41, 5.74) is 7.69. The van der Waals surface area contributed by atoms with Crippen molar-refractivity contribution in [2.24, 2.45) is 0 Å². The minimum atomic E-state index is -4.33. The van der Waals surface area contributed by atoms with Gasteiger partial charge < -0.3 is 14.8 Å². The number of nitrogens with two attached hydrogens (primary N) is 1. The summed E-state index contributed by atoms with van der Waals surface area (Å²) in [6, 6.07) is 21.8. The fourth-order valence-electron chi connectivity index (χ4n) is 2.56. The summed E-state index contributed by atoms with van der Waals surface area (Å²) in [4.78, 5) is 22.0. The summed E-state index contributed by atoms with van der Waals surface area (Å²) in [6.45, 7) is 0. The fourth-order valence-corrected chi connectivity index (χ4v) is 3.37. The number of ketones is 1. The number of hydrogen-bond acceptors (Lipinski definition) is 5. The van der Waals surface area contributed by atoms with Crippen molar-refractivity contribution in [2.45, 2.75) is 12.8 Å². The smallest absolute Gasteiger partial charge is 0.399 e. The second-order valence-corrected chi connectivity index (χ2v) is 7.46. The molecule has 0 fully saturated rings. The standard InChI is InChI=1S/C21H20NO5P/c22-18-9-13-20(14-10-18)27-28(24,25)26-19-11-6-16(7-12-19)8-15-21(23)17-4-2-1-3-5-17/h1-7,9-14H,8,15,22H2,(H,24,25). The number of aryl methyl sites for hydroxylation is 1. The first-order chi connectivity index (χ1) is 13.4. The number of rotatable bonds is 8. The lowest BCUT2D eigenvalue weighted by molar-refractivity contribution is 0.0983. The maximum atomic E-state index is 12.1. The molecule has 3 aromatic carbocycles. The van der Waals surface area contributed by atoms with Crippen LogP contribution in [0.1, 0.15) is 22.3 Å². The van der Waals surface area contributed by atoms with Crippen LogP contribution >= 0.6 is 7.82 Å². The SMILES string of the molecule is Nc1ccc(OP(=O)(O)Oc2ccc(CCC(=O)c3ccccc3)cc2)cc1. The lowest BCUT2D eigenvalue weighted by Gasteiger charge is -2.14. The van der Waals surface area contributed by atoms with Crippen molar-refractivity contribution >= 4 is 19.3 Å². The number of phosphoric acid groups is 1. The van der Waals surface area contributed by atoms with E-state index in [1.54, 1.807) is 48.5 Å². The van der Waals surface area contributed by atoms with Gasteiger partial charge in [0.25, 0.3) is 0 Å². The molecule has 0 amide bonds. The van der Waals surface area contributed by atoms with Gasteiger partial charge >= 0.3 is 7.82 Å². The third-order valence-corrected chi connectivity index (χ3v) is 4.86. The molecule has 3 N–H and O–H groups in total. The molecule has 0 spiro atoms. The number of anilines is 1. The van der Waals surface area contributed by atoms with E-state index in [4.69, 9.17) is 14.8 Å². The molecule has 6 nitrogen and oxygen atoms in total. The number of nitrogen functional groups attached to an aromatic ring is 1. The highest BCUT2D eigenvalue weighted by molar-refractivity contribution is 7.48. The second-order valence-electron chi connectivity index (χ2n) is 6.15. The minimum Gasteiger partial charge on any atom is -0.399 e. The molecular formula is C21H20NO5P. The Labute approximate surface area is 163 Å². The molecule has 0 radical (unpaired) electrons. The Hall–Kier alpha value is -3.08. The van der Waals surface area contributed by atoms with Crippen LogP contribution in [-0.2, 0) is 11.0 Å². The van der Waals surface area contributed by atoms with Crippen LogP contribution in [0.25, 0.3) is 0 Å². The normalized spacial score (nSPS) is 12.8. The van der Waals surface area contributed by atoms with Gasteiger partial charge in [-0.1, -0.05) is 42.5 Å². The first-order valence-electron chi connectivity index (χ1n) is 8.66. The number of carbonyl (C=O) groups is 1. The van der Waals surface area contributed by atoms with E-state index >= 15 is 0 Å². The van der Waals surface area contributed by atoms with Crippen LogP contribution in [0, 0.1) is 0 Å². The molecule has 1 unspecified atom stereocenters. The zero-order valence-corrected chi connectivity index (χ0v) is 15.9. The molecule has 0 heterocycles. The molecular weight excluding hydrogens is 377 g/mol. The van der Waals surface area contributed by atoms with Crippen molar-refractivity contribution in [2.75, 3.05) is 5.73 Å². The fraction of sp³-hybridized carbons (Fsp3) is 0.0952. The Morgan fingerprint density at radius 1 is 0.857 bits per heavy atom.